The lowest BCUT2D eigenvalue weighted by atomic mass is 9.84. The van der Waals surface area contributed by atoms with Crippen molar-refractivity contribution in [3.05, 3.63) is 72.1 Å². The number of hydrogen-bond acceptors (Lipinski definition) is 10. The summed E-state index contributed by atoms with van der Waals surface area (Å²) in [5.41, 5.74) is 8.91. The van der Waals surface area contributed by atoms with Gasteiger partial charge in [0.05, 0.1) is 24.8 Å². The number of ether oxygens (including phenoxy) is 1. The van der Waals surface area contributed by atoms with Gasteiger partial charge in [0.15, 0.2) is 0 Å². The van der Waals surface area contributed by atoms with E-state index in [1.54, 1.807) is 30.3 Å². The van der Waals surface area contributed by atoms with E-state index in [9.17, 15) is 29.1 Å². The van der Waals surface area contributed by atoms with Gasteiger partial charge in [-0.1, -0.05) is 45.7 Å². The third-order valence-electron chi connectivity index (χ3n) is 12.9. The van der Waals surface area contributed by atoms with Gasteiger partial charge >= 0.3 is 5.97 Å². The number of aryl methyl sites for hydroxylation is 1. The number of nitrogens with zero attached hydrogens (tertiary/aromatic N) is 6. The Morgan fingerprint density at radius 1 is 1.03 bits per heavy atom. The first kappa shape index (κ1) is 47.7. The molecular weight excluding hydrogens is 837 g/mol. The van der Waals surface area contributed by atoms with Crippen molar-refractivity contribution in [3.63, 3.8) is 0 Å². The number of phenols is 1. The first-order valence-corrected chi connectivity index (χ1v) is 23.1. The Balaban J connectivity index is 1.23. The molecule has 3 aliphatic rings. The summed E-state index contributed by atoms with van der Waals surface area (Å²) in [6, 6.07) is 12.5. The van der Waals surface area contributed by atoms with Crippen LogP contribution in [0.15, 0.2) is 60.9 Å². The number of esters is 1. The smallest absolute Gasteiger partial charge is 0.324 e. The fourth-order valence-corrected chi connectivity index (χ4v) is 9.64. The van der Waals surface area contributed by atoms with Crippen molar-refractivity contribution < 1.29 is 33.8 Å². The number of amides is 4. The van der Waals surface area contributed by atoms with E-state index in [-0.39, 0.29) is 49.6 Å². The third kappa shape index (κ3) is 10.6. The molecule has 350 valence electrons. The normalized spacial score (nSPS) is 20.4. The van der Waals surface area contributed by atoms with Gasteiger partial charge < -0.3 is 29.5 Å². The number of rotatable bonds is 8. The molecule has 2 aromatic carbocycles. The Morgan fingerprint density at radius 3 is 2.53 bits per heavy atom. The number of aromatic hydroxyl groups is 1. The number of cyclic esters (lactones) is 1. The Hall–Kier alpha value is -6.24. The summed E-state index contributed by atoms with van der Waals surface area (Å²) in [4.78, 5) is 79.3. The summed E-state index contributed by atoms with van der Waals surface area (Å²) in [6.45, 7) is 12.1. The number of likely N-dealkylation sites (N-methyl/N-ethyl adjacent to an activating group) is 1. The molecule has 2 fully saturated rings. The molecule has 5 heterocycles. The van der Waals surface area contributed by atoms with E-state index in [1.165, 1.54) is 9.91 Å². The fraction of sp³-hybridized carbons (Fsp3) is 0.490. The van der Waals surface area contributed by atoms with Crippen molar-refractivity contribution in [3.8, 4) is 40.0 Å². The lowest BCUT2D eigenvalue weighted by Gasteiger charge is -2.37. The first-order valence-electron chi connectivity index (χ1n) is 23.1. The Kier molecular flexibility index (Phi) is 14.5. The SMILES string of the molecule is CCn1c(-c2cccnc2)c2c3cc(ccc31)-c1cc(O)cc(c1)C[C@H](NC(=O)[C@H](C(C)C)N(C)C(=O)[C@H]1CCN(C(=O)C#CCN(C)C)C1)C(=O)N1CCC[C@H](N1)C(=O)OCC(C)(C)C2. The second kappa shape index (κ2) is 20.1. The molecule has 2 aromatic heterocycles. The minimum absolute atomic E-state index is 0.00451. The monoisotopic (exact) mass is 900 g/mol. The number of hydrazine groups is 1. The second-order valence-electron chi connectivity index (χ2n) is 19.4. The largest absolute Gasteiger partial charge is 0.508 e. The van der Waals surface area contributed by atoms with Crippen LogP contribution in [0.2, 0.25) is 0 Å². The van der Waals surface area contributed by atoms with Gasteiger partial charge in [0, 0.05) is 73.9 Å². The molecule has 2 saturated heterocycles. The van der Waals surface area contributed by atoms with Gasteiger partial charge in [0.25, 0.3) is 11.8 Å². The molecule has 3 N–H and O–H groups in total. The highest BCUT2D eigenvalue weighted by Gasteiger charge is 2.40. The zero-order valence-corrected chi connectivity index (χ0v) is 39.5. The molecule has 0 unspecified atom stereocenters. The van der Waals surface area contributed by atoms with E-state index in [0.717, 1.165) is 38.9 Å². The van der Waals surface area contributed by atoms with Crippen LogP contribution in [0.25, 0.3) is 33.3 Å². The quantitative estimate of drug-likeness (QED) is 0.167. The molecule has 6 bridgehead atoms. The molecule has 0 aliphatic carbocycles. The molecule has 4 amide bonds. The van der Waals surface area contributed by atoms with Gasteiger partial charge in [-0.05, 0) is 117 Å². The van der Waals surface area contributed by atoms with Crippen molar-refractivity contribution in [2.75, 3.05) is 53.9 Å². The molecule has 0 saturated carbocycles. The van der Waals surface area contributed by atoms with Gasteiger partial charge in [0.1, 0.15) is 23.9 Å². The zero-order chi connectivity index (χ0) is 47.4. The number of pyridine rings is 1. The fourth-order valence-electron chi connectivity index (χ4n) is 9.64. The maximum atomic E-state index is 14.7. The Bertz CT molecular complexity index is 2540. The van der Waals surface area contributed by atoms with Crippen LogP contribution in [0, 0.1) is 29.1 Å². The van der Waals surface area contributed by atoms with Crippen LogP contribution in [0.5, 0.6) is 5.75 Å². The van der Waals surface area contributed by atoms with Gasteiger partial charge in [-0.25, -0.2) is 5.43 Å². The van der Waals surface area contributed by atoms with Crippen LogP contribution >= 0.6 is 0 Å². The average molecular weight is 901 g/mol. The number of likely N-dealkylation sites (tertiary alicyclic amines) is 1. The van der Waals surface area contributed by atoms with Crippen LogP contribution in [0.4, 0.5) is 0 Å². The van der Waals surface area contributed by atoms with E-state index < -0.39 is 47.2 Å². The molecule has 3 aliphatic heterocycles. The highest BCUT2D eigenvalue weighted by atomic mass is 16.5. The minimum Gasteiger partial charge on any atom is -0.508 e. The minimum atomic E-state index is -1.16. The van der Waals surface area contributed by atoms with Crippen LogP contribution in [0.1, 0.15) is 65.0 Å². The number of nitrogens with one attached hydrogen (secondary N) is 2. The first-order chi connectivity index (χ1) is 31.4. The summed E-state index contributed by atoms with van der Waals surface area (Å²) in [7, 11) is 5.32. The highest BCUT2D eigenvalue weighted by molar-refractivity contribution is 5.97. The van der Waals surface area contributed by atoms with Crippen LogP contribution in [-0.2, 0) is 48.1 Å². The molecule has 66 heavy (non-hydrogen) atoms. The highest BCUT2D eigenvalue weighted by Crippen LogP contribution is 2.40. The average Bonchev–Trinajstić information content (AvgIpc) is 3.90. The van der Waals surface area contributed by atoms with Crippen LogP contribution in [0.3, 0.4) is 0 Å². The number of fused-ring (bicyclic) bond motifs is 6. The van der Waals surface area contributed by atoms with Crippen LogP contribution in [-0.4, -0.2) is 136 Å². The molecule has 15 nitrogen and oxygen atoms in total. The number of hydrogen-bond donors (Lipinski definition) is 3. The summed E-state index contributed by atoms with van der Waals surface area (Å²) >= 11 is 0. The van der Waals surface area contributed by atoms with Crippen molar-refractivity contribution in [2.45, 2.75) is 91.4 Å². The number of phenolic OH excluding ortho intramolecular Hbond substituents is 1. The molecular formula is C51H64N8O7. The number of carbonyl (C=O) groups is 5. The predicted octanol–water partition coefficient (Wildman–Crippen LogP) is 4.64. The third-order valence-corrected chi connectivity index (χ3v) is 12.9. The number of carbonyl (C=O) groups excluding carboxylic acids is 5. The van der Waals surface area contributed by atoms with Crippen molar-refractivity contribution >= 4 is 40.5 Å². The lowest BCUT2D eigenvalue weighted by molar-refractivity contribution is -0.155. The molecule has 15 heteroatoms. The molecule has 4 aromatic rings. The van der Waals surface area contributed by atoms with Gasteiger partial charge in [-0.2, -0.15) is 0 Å². The van der Waals surface area contributed by atoms with Crippen molar-refractivity contribution in [1.29, 1.82) is 0 Å². The van der Waals surface area contributed by atoms with Crippen molar-refractivity contribution in [1.82, 2.24) is 40.0 Å². The summed E-state index contributed by atoms with van der Waals surface area (Å²) in [5.74, 6) is 2.55. The molecule has 0 radical (unpaired) electrons. The number of aromatic nitrogens is 2. The van der Waals surface area contributed by atoms with E-state index in [4.69, 9.17) is 4.74 Å². The summed E-state index contributed by atoms with van der Waals surface area (Å²) in [6.07, 6.45) is 5.59. The lowest BCUT2D eigenvalue weighted by Crippen LogP contribution is -2.62. The molecule has 0 spiro atoms. The molecule has 7 rings (SSSR count). The Morgan fingerprint density at radius 2 is 1.82 bits per heavy atom. The van der Waals surface area contributed by atoms with Crippen LogP contribution < -0.4 is 10.7 Å². The van der Waals surface area contributed by atoms with Gasteiger partial charge in [0.2, 0.25) is 11.8 Å². The van der Waals surface area contributed by atoms with E-state index in [1.807, 2.05) is 57.2 Å². The topological polar surface area (TPSA) is 170 Å². The summed E-state index contributed by atoms with van der Waals surface area (Å²) < 4.78 is 8.35. The van der Waals surface area contributed by atoms with Gasteiger partial charge in [-0.15, -0.1) is 0 Å². The van der Waals surface area contributed by atoms with E-state index in [2.05, 4.69) is 71.1 Å². The predicted molar refractivity (Wildman–Crippen MR) is 252 cm³/mol. The zero-order valence-electron chi connectivity index (χ0n) is 39.5. The standard InChI is InChI=1S/C51H64N8O7/c1-9-58-43-17-16-34-27-39(43)40(46(58)35-13-10-19-52-29-35)28-51(4,5)31-66-50(65)41-14-11-21-59(54-41)49(64)42(25-33-23-37(34)26-38(60)24-33)53-47(62)45(32(2)3)56(8)48(63)36-18-22-57(30-36)44(61)15-12-20-55(6)7/h10,13,16-17,19,23-24,26-27,29,32,36,41-42,45,54,60H,9,11,14,18,20-22,25,28,30-31H2,1-8H3,(H,53,62)/t36-,41-,42-,45-/m0/s1. The van der Waals surface area contributed by atoms with E-state index >= 15 is 0 Å². The summed E-state index contributed by atoms with van der Waals surface area (Å²) in [5, 5.41) is 16.7. The van der Waals surface area contributed by atoms with Gasteiger partial charge in [-0.3, -0.25) is 38.9 Å². The maximum Gasteiger partial charge on any atom is 0.324 e. The van der Waals surface area contributed by atoms with Crippen molar-refractivity contribution in [2.24, 2.45) is 17.3 Å². The Labute approximate surface area is 387 Å². The second-order valence-corrected chi connectivity index (χ2v) is 19.4. The molecule has 4 atom stereocenters. The maximum absolute atomic E-state index is 14.7. The number of benzene rings is 2. The van der Waals surface area contributed by atoms with E-state index in [0.29, 0.717) is 50.9 Å².